The summed E-state index contributed by atoms with van der Waals surface area (Å²) in [4.78, 5) is 45.7. The van der Waals surface area contributed by atoms with Crippen LogP contribution in [-0.4, -0.2) is 41.7 Å². The van der Waals surface area contributed by atoms with Gasteiger partial charge in [-0.15, -0.1) is 0 Å². The molecule has 1 unspecified atom stereocenters. The molecule has 0 fully saturated rings. The fraction of sp³-hybridized carbons (Fsp3) is 0.471. The number of rotatable bonds is 7. The number of non-ortho nitro benzene ring substituents is 1. The van der Waals surface area contributed by atoms with E-state index in [1.165, 1.54) is 31.4 Å². The Bertz CT molecular complexity index is 694. The van der Waals surface area contributed by atoms with Gasteiger partial charge in [0, 0.05) is 18.6 Å². The molecule has 0 aliphatic rings. The van der Waals surface area contributed by atoms with Crippen LogP contribution in [0.5, 0.6) is 5.75 Å². The van der Waals surface area contributed by atoms with Crippen LogP contribution in [-0.2, 0) is 19.1 Å². The molecular weight excluding hydrogens is 360 g/mol. The minimum atomic E-state index is -1.17. The van der Waals surface area contributed by atoms with E-state index in [-0.39, 0.29) is 24.3 Å². The van der Waals surface area contributed by atoms with E-state index in [9.17, 15) is 24.5 Å². The van der Waals surface area contributed by atoms with Gasteiger partial charge in [-0.05, 0) is 39.3 Å². The van der Waals surface area contributed by atoms with Crippen LogP contribution in [0.4, 0.5) is 10.5 Å². The lowest BCUT2D eigenvalue weighted by Crippen LogP contribution is -2.45. The highest BCUT2D eigenvalue weighted by Gasteiger charge is 2.27. The minimum Gasteiger partial charge on any atom is -0.469 e. The molecule has 0 aromatic heterocycles. The molecule has 0 saturated carbocycles. The quantitative estimate of drug-likeness (QED) is 0.329. The first kappa shape index (κ1) is 21.9. The second-order valence-corrected chi connectivity index (χ2v) is 6.49. The number of nitro groups is 1. The van der Waals surface area contributed by atoms with Crippen LogP contribution in [0.15, 0.2) is 24.3 Å². The van der Waals surface area contributed by atoms with Crippen molar-refractivity contribution >= 4 is 23.7 Å². The van der Waals surface area contributed by atoms with Crippen molar-refractivity contribution in [1.29, 1.82) is 0 Å². The Labute approximate surface area is 155 Å². The van der Waals surface area contributed by atoms with E-state index in [4.69, 9.17) is 9.47 Å². The molecule has 27 heavy (non-hydrogen) atoms. The molecule has 1 rings (SSSR count). The van der Waals surface area contributed by atoms with Crippen molar-refractivity contribution in [1.82, 2.24) is 5.32 Å². The number of hydrogen-bond donors (Lipinski definition) is 1. The Kier molecular flexibility index (Phi) is 7.70. The van der Waals surface area contributed by atoms with E-state index in [1.54, 1.807) is 20.8 Å². The van der Waals surface area contributed by atoms with Gasteiger partial charge < -0.3 is 19.5 Å². The average Bonchev–Trinajstić information content (AvgIpc) is 2.56. The van der Waals surface area contributed by atoms with Crippen molar-refractivity contribution < 1.29 is 33.5 Å². The molecule has 1 atom stereocenters. The Balaban J connectivity index is 2.82. The van der Waals surface area contributed by atoms with E-state index in [1.807, 2.05) is 0 Å². The molecule has 0 saturated heterocycles. The van der Waals surface area contributed by atoms with Gasteiger partial charge in [0.25, 0.3) is 5.69 Å². The second kappa shape index (κ2) is 9.51. The molecule has 10 nitrogen and oxygen atoms in total. The van der Waals surface area contributed by atoms with Gasteiger partial charge >= 0.3 is 18.0 Å². The third kappa shape index (κ3) is 8.17. The smallest absolute Gasteiger partial charge is 0.408 e. The maximum absolute atomic E-state index is 12.4. The first-order valence-corrected chi connectivity index (χ1v) is 8.04. The van der Waals surface area contributed by atoms with E-state index in [2.05, 4.69) is 10.1 Å². The van der Waals surface area contributed by atoms with Gasteiger partial charge in [0.1, 0.15) is 17.4 Å². The minimum absolute atomic E-state index is 0.0552. The normalized spacial score (nSPS) is 11.9. The van der Waals surface area contributed by atoms with E-state index >= 15 is 0 Å². The third-order valence-corrected chi connectivity index (χ3v) is 3.11. The predicted octanol–water partition coefficient (Wildman–Crippen LogP) is 2.35. The number of ether oxygens (including phenoxy) is 3. The van der Waals surface area contributed by atoms with Crippen LogP contribution < -0.4 is 10.1 Å². The molecule has 1 amide bonds. The summed E-state index contributed by atoms with van der Waals surface area (Å²) < 4.78 is 14.7. The summed E-state index contributed by atoms with van der Waals surface area (Å²) in [7, 11) is 1.20. The Morgan fingerprint density at radius 3 is 2.26 bits per heavy atom. The van der Waals surface area contributed by atoms with Gasteiger partial charge in [-0.1, -0.05) is 0 Å². The first-order chi connectivity index (χ1) is 12.5. The van der Waals surface area contributed by atoms with Crippen molar-refractivity contribution in [3.05, 3.63) is 34.4 Å². The number of carbonyl (C=O) groups is 3. The molecule has 1 aromatic carbocycles. The largest absolute Gasteiger partial charge is 0.469 e. The van der Waals surface area contributed by atoms with Crippen LogP contribution in [0.3, 0.4) is 0 Å². The average molecular weight is 382 g/mol. The second-order valence-electron chi connectivity index (χ2n) is 6.49. The van der Waals surface area contributed by atoms with Gasteiger partial charge in [-0.2, -0.15) is 0 Å². The highest BCUT2D eigenvalue weighted by atomic mass is 16.6. The van der Waals surface area contributed by atoms with Gasteiger partial charge in [-0.25, -0.2) is 9.59 Å². The Morgan fingerprint density at radius 1 is 1.19 bits per heavy atom. The fourth-order valence-corrected chi connectivity index (χ4v) is 1.89. The number of carbonyl (C=O) groups excluding carboxylic acids is 3. The number of nitrogens with one attached hydrogen (secondary N) is 1. The summed E-state index contributed by atoms with van der Waals surface area (Å²) in [6.07, 6.45) is -1.05. The topological polar surface area (TPSA) is 134 Å². The molecule has 1 aromatic rings. The number of amides is 1. The molecule has 0 aliphatic carbocycles. The molecule has 10 heteroatoms. The number of nitrogens with zero attached hydrogens (tertiary/aromatic N) is 1. The summed E-state index contributed by atoms with van der Waals surface area (Å²) in [6, 6.07) is 3.68. The van der Waals surface area contributed by atoms with Gasteiger partial charge in [0.05, 0.1) is 12.0 Å². The van der Waals surface area contributed by atoms with E-state index in [0.717, 1.165) is 0 Å². The molecule has 148 valence electrons. The van der Waals surface area contributed by atoms with Crippen molar-refractivity contribution in [3.63, 3.8) is 0 Å². The fourth-order valence-electron chi connectivity index (χ4n) is 1.89. The maximum Gasteiger partial charge on any atom is 0.408 e. The number of esters is 2. The van der Waals surface area contributed by atoms with E-state index in [0.29, 0.717) is 0 Å². The maximum atomic E-state index is 12.4. The first-order valence-electron chi connectivity index (χ1n) is 8.04. The highest BCUT2D eigenvalue weighted by molar-refractivity contribution is 5.83. The zero-order valence-electron chi connectivity index (χ0n) is 15.5. The number of hydrogen-bond acceptors (Lipinski definition) is 8. The summed E-state index contributed by atoms with van der Waals surface area (Å²) in [5, 5.41) is 13.0. The summed E-state index contributed by atoms with van der Waals surface area (Å²) >= 11 is 0. The van der Waals surface area contributed by atoms with Crippen molar-refractivity contribution in [2.24, 2.45) is 0 Å². The van der Waals surface area contributed by atoms with Crippen LogP contribution in [0.1, 0.15) is 33.6 Å². The molecule has 0 heterocycles. The van der Waals surface area contributed by atoms with Crippen molar-refractivity contribution in [2.45, 2.75) is 45.3 Å². The van der Waals surface area contributed by atoms with E-state index < -0.39 is 34.6 Å². The van der Waals surface area contributed by atoms with Crippen molar-refractivity contribution in [2.75, 3.05) is 7.11 Å². The third-order valence-electron chi connectivity index (χ3n) is 3.11. The van der Waals surface area contributed by atoms with Gasteiger partial charge in [-0.3, -0.25) is 14.9 Å². The number of benzene rings is 1. The molecule has 1 N–H and O–H groups in total. The molecule has 0 aliphatic heterocycles. The summed E-state index contributed by atoms with van der Waals surface area (Å²) in [5.41, 5.74) is -0.942. The van der Waals surface area contributed by atoms with Gasteiger partial charge in [0.15, 0.2) is 0 Å². The SMILES string of the molecule is COC(=O)CCC(NC(=O)OC(C)(C)C)C(=O)Oc1ccc([N+](=O)[O-])cc1. The Hall–Kier alpha value is -3.17. The lowest BCUT2D eigenvalue weighted by atomic mass is 10.1. The summed E-state index contributed by atoms with van der Waals surface area (Å²) in [6.45, 7) is 4.97. The summed E-state index contributed by atoms with van der Waals surface area (Å²) in [5.74, 6) is -1.35. The molecular formula is C17H22N2O8. The van der Waals surface area contributed by atoms with Crippen LogP contribution in [0, 0.1) is 10.1 Å². The Morgan fingerprint density at radius 2 is 1.78 bits per heavy atom. The molecule has 0 spiro atoms. The highest BCUT2D eigenvalue weighted by Crippen LogP contribution is 2.18. The lowest BCUT2D eigenvalue weighted by molar-refractivity contribution is -0.384. The van der Waals surface area contributed by atoms with Crippen LogP contribution in [0.2, 0.25) is 0 Å². The van der Waals surface area contributed by atoms with Gasteiger partial charge in [0.2, 0.25) is 0 Å². The molecule has 0 bridgehead atoms. The molecule has 0 radical (unpaired) electrons. The lowest BCUT2D eigenvalue weighted by Gasteiger charge is -2.22. The zero-order valence-corrected chi connectivity index (χ0v) is 15.5. The number of methoxy groups -OCH3 is 1. The standard InChI is InChI=1S/C17H22N2O8/c1-17(2,3)27-16(22)18-13(9-10-14(20)25-4)15(21)26-12-7-5-11(6-8-12)19(23)24/h5-8,13H,9-10H2,1-4H3,(H,18,22). The monoisotopic (exact) mass is 382 g/mol. The number of alkyl carbamates (subject to hydrolysis) is 1. The zero-order chi connectivity index (χ0) is 20.6. The predicted molar refractivity (Wildman–Crippen MR) is 93.1 cm³/mol. The van der Waals surface area contributed by atoms with Crippen LogP contribution >= 0.6 is 0 Å². The number of nitro benzene ring substituents is 1. The van der Waals surface area contributed by atoms with Crippen LogP contribution in [0.25, 0.3) is 0 Å². The van der Waals surface area contributed by atoms with Crippen molar-refractivity contribution in [3.8, 4) is 5.75 Å².